The number of hydrogen-bond donors (Lipinski definition) is 1. The molecule has 1 nitrogen and oxygen atoms in total. The van der Waals surface area contributed by atoms with Crippen molar-refractivity contribution < 1.29 is 5.11 Å². The van der Waals surface area contributed by atoms with Crippen LogP contribution in [0.5, 0.6) is 0 Å². The van der Waals surface area contributed by atoms with Crippen LogP contribution in [0.25, 0.3) is 0 Å². The van der Waals surface area contributed by atoms with E-state index in [0.29, 0.717) is 5.92 Å². The molecule has 1 aliphatic rings. The molecule has 1 saturated carbocycles. The standard InChI is InChI=1S/C9H16O/c1-3-9(10)6-7(2)8-4-5-8/h3,7-10H,1,4-6H2,2H3. The van der Waals surface area contributed by atoms with Crippen molar-refractivity contribution >= 4 is 0 Å². The minimum atomic E-state index is -0.282. The van der Waals surface area contributed by atoms with Gasteiger partial charge < -0.3 is 5.11 Å². The second kappa shape index (κ2) is 3.20. The molecule has 1 fully saturated rings. The van der Waals surface area contributed by atoms with Gasteiger partial charge in [-0.2, -0.15) is 0 Å². The molecule has 10 heavy (non-hydrogen) atoms. The van der Waals surface area contributed by atoms with Crippen LogP contribution in [0.3, 0.4) is 0 Å². The van der Waals surface area contributed by atoms with Gasteiger partial charge in [0.1, 0.15) is 0 Å². The maximum atomic E-state index is 9.19. The van der Waals surface area contributed by atoms with Crippen molar-refractivity contribution in [3.05, 3.63) is 12.7 Å². The zero-order valence-corrected chi connectivity index (χ0v) is 6.59. The molecule has 0 spiro atoms. The second-order valence-electron chi connectivity index (χ2n) is 3.35. The Kier molecular flexibility index (Phi) is 2.50. The third-order valence-corrected chi connectivity index (χ3v) is 2.31. The summed E-state index contributed by atoms with van der Waals surface area (Å²) in [6, 6.07) is 0. The van der Waals surface area contributed by atoms with Gasteiger partial charge in [-0.1, -0.05) is 13.0 Å². The molecule has 2 unspecified atom stereocenters. The van der Waals surface area contributed by atoms with Gasteiger partial charge >= 0.3 is 0 Å². The maximum absolute atomic E-state index is 9.19. The molecule has 0 aromatic heterocycles. The molecular weight excluding hydrogens is 124 g/mol. The van der Waals surface area contributed by atoms with Crippen molar-refractivity contribution in [2.75, 3.05) is 0 Å². The topological polar surface area (TPSA) is 20.2 Å². The summed E-state index contributed by atoms with van der Waals surface area (Å²) in [5.41, 5.74) is 0. The van der Waals surface area contributed by atoms with E-state index in [-0.39, 0.29) is 6.10 Å². The minimum Gasteiger partial charge on any atom is -0.389 e. The Hall–Kier alpha value is -0.300. The zero-order chi connectivity index (χ0) is 7.56. The van der Waals surface area contributed by atoms with Gasteiger partial charge in [0.2, 0.25) is 0 Å². The Morgan fingerprint density at radius 1 is 1.70 bits per heavy atom. The number of aliphatic hydroxyl groups excluding tert-OH is 1. The summed E-state index contributed by atoms with van der Waals surface area (Å²) in [6.45, 7) is 5.76. The van der Waals surface area contributed by atoms with Crippen LogP contribution in [0.15, 0.2) is 12.7 Å². The van der Waals surface area contributed by atoms with Gasteiger partial charge in [0, 0.05) is 0 Å². The first-order chi connectivity index (χ1) is 4.74. The fourth-order valence-corrected chi connectivity index (χ4v) is 1.33. The summed E-state index contributed by atoms with van der Waals surface area (Å²) in [4.78, 5) is 0. The van der Waals surface area contributed by atoms with Crippen LogP contribution in [0.1, 0.15) is 26.2 Å². The highest BCUT2D eigenvalue weighted by Crippen LogP contribution is 2.38. The lowest BCUT2D eigenvalue weighted by molar-refractivity contribution is 0.185. The zero-order valence-electron chi connectivity index (χ0n) is 6.59. The van der Waals surface area contributed by atoms with Gasteiger partial charge in [-0.15, -0.1) is 6.58 Å². The van der Waals surface area contributed by atoms with E-state index in [1.807, 2.05) is 0 Å². The molecule has 1 N–H and O–H groups in total. The highest BCUT2D eigenvalue weighted by Gasteiger charge is 2.28. The molecule has 1 rings (SSSR count). The van der Waals surface area contributed by atoms with Crippen molar-refractivity contribution in [3.8, 4) is 0 Å². The fourth-order valence-electron chi connectivity index (χ4n) is 1.33. The van der Waals surface area contributed by atoms with Crippen LogP contribution in [-0.4, -0.2) is 11.2 Å². The second-order valence-corrected chi connectivity index (χ2v) is 3.35. The van der Waals surface area contributed by atoms with Gasteiger partial charge in [-0.3, -0.25) is 0 Å². The van der Waals surface area contributed by atoms with Gasteiger partial charge in [0.05, 0.1) is 6.10 Å². The Bertz CT molecular complexity index is 116. The van der Waals surface area contributed by atoms with E-state index in [2.05, 4.69) is 13.5 Å². The SMILES string of the molecule is C=CC(O)CC(C)C1CC1. The van der Waals surface area contributed by atoms with Crippen LogP contribution < -0.4 is 0 Å². The van der Waals surface area contributed by atoms with Crippen molar-refractivity contribution in [1.29, 1.82) is 0 Å². The molecule has 1 heteroatoms. The molecule has 0 aromatic rings. The molecule has 0 heterocycles. The third-order valence-electron chi connectivity index (χ3n) is 2.31. The molecule has 0 aliphatic heterocycles. The highest BCUT2D eigenvalue weighted by atomic mass is 16.3. The maximum Gasteiger partial charge on any atom is 0.0720 e. The van der Waals surface area contributed by atoms with Crippen LogP contribution >= 0.6 is 0 Å². The van der Waals surface area contributed by atoms with Crippen LogP contribution in [0.4, 0.5) is 0 Å². The molecule has 0 aromatic carbocycles. The minimum absolute atomic E-state index is 0.282. The summed E-state index contributed by atoms with van der Waals surface area (Å²) in [6.07, 6.45) is 4.97. The van der Waals surface area contributed by atoms with Gasteiger partial charge in [-0.25, -0.2) is 0 Å². The smallest absolute Gasteiger partial charge is 0.0720 e. The van der Waals surface area contributed by atoms with E-state index in [4.69, 9.17) is 0 Å². The summed E-state index contributed by atoms with van der Waals surface area (Å²) < 4.78 is 0. The lowest BCUT2D eigenvalue weighted by atomic mass is 9.99. The monoisotopic (exact) mass is 140 g/mol. The molecular formula is C9H16O. The molecule has 0 radical (unpaired) electrons. The first-order valence-corrected chi connectivity index (χ1v) is 4.04. The van der Waals surface area contributed by atoms with E-state index in [1.165, 1.54) is 12.8 Å². The Morgan fingerprint density at radius 2 is 2.30 bits per heavy atom. The van der Waals surface area contributed by atoms with Gasteiger partial charge in [0.15, 0.2) is 0 Å². The molecule has 58 valence electrons. The molecule has 0 amide bonds. The lowest BCUT2D eigenvalue weighted by Crippen LogP contribution is -2.09. The van der Waals surface area contributed by atoms with E-state index in [1.54, 1.807) is 6.08 Å². The van der Waals surface area contributed by atoms with Crippen LogP contribution in [0.2, 0.25) is 0 Å². The van der Waals surface area contributed by atoms with Gasteiger partial charge in [-0.05, 0) is 31.1 Å². The summed E-state index contributed by atoms with van der Waals surface area (Å²) in [5, 5.41) is 9.19. The largest absolute Gasteiger partial charge is 0.389 e. The summed E-state index contributed by atoms with van der Waals surface area (Å²) in [5.74, 6) is 1.59. The van der Waals surface area contributed by atoms with E-state index in [9.17, 15) is 5.11 Å². The quantitative estimate of drug-likeness (QED) is 0.592. The lowest BCUT2D eigenvalue weighted by Gasteiger charge is -2.11. The average molecular weight is 140 g/mol. The number of aliphatic hydroxyl groups is 1. The fraction of sp³-hybridized carbons (Fsp3) is 0.778. The van der Waals surface area contributed by atoms with Crippen molar-refractivity contribution in [2.45, 2.75) is 32.3 Å². The first kappa shape index (κ1) is 7.80. The molecule has 1 aliphatic carbocycles. The molecule has 0 bridgehead atoms. The van der Waals surface area contributed by atoms with Crippen molar-refractivity contribution in [1.82, 2.24) is 0 Å². The number of hydrogen-bond acceptors (Lipinski definition) is 1. The van der Waals surface area contributed by atoms with Crippen LogP contribution in [-0.2, 0) is 0 Å². The Balaban J connectivity index is 2.15. The van der Waals surface area contributed by atoms with Gasteiger partial charge in [0.25, 0.3) is 0 Å². The summed E-state index contributed by atoms with van der Waals surface area (Å²) >= 11 is 0. The Morgan fingerprint density at radius 3 is 2.70 bits per heavy atom. The predicted octanol–water partition coefficient (Wildman–Crippen LogP) is 1.97. The predicted molar refractivity (Wildman–Crippen MR) is 42.7 cm³/mol. The molecule has 0 saturated heterocycles. The summed E-state index contributed by atoms with van der Waals surface area (Å²) in [7, 11) is 0. The molecule has 2 atom stereocenters. The highest BCUT2D eigenvalue weighted by molar-refractivity contribution is 4.85. The van der Waals surface area contributed by atoms with Crippen molar-refractivity contribution in [3.63, 3.8) is 0 Å². The first-order valence-electron chi connectivity index (χ1n) is 4.04. The number of rotatable bonds is 4. The van der Waals surface area contributed by atoms with E-state index in [0.717, 1.165) is 12.3 Å². The average Bonchev–Trinajstić information content (AvgIpc) is 2.68. The van der Waals surface area contributed by atoms with E-state index < -0.39 is 0 Å². The third kappa shape index (κ3) is 2.14. The Labute approximate surface area is 62.8 Å². The van der Waals surface area contributed by atoms with Crippen molar-refractivity contribution in [2.24, 2.45) is 11.8 Å². The normalized spacial score (nSPS) is 23.8. The van der Waals surface area contributed by atoms with E-state index >= 15 is 0 Å². The van der Waals surface area contributed by atoms with Crippen LogP contribution in [0, 0.1) is 11.8 Å².